The van der Waals surface area contributed by atoms with Gasteiger partial charge in [0.05, 0.1) is 11.6 Å². The number of amides is 1. The minimum absolute atomic E-state index is 0.0459. The van der Waals surface area contributed by atoms with Gasteiger partial charge in [-0.05, 0) is 73.9 Å². The largest absolute Gasteiger partial charge is 0.381 e. The van der Waals surface area contributed by atoms with Crippen molar-refractivity contribution in [3.8, 4) is 0 Å². The topological polar surface area (TPSA) is 71.1 Å². The van der Waals surface area contributed by atoms with E-state index in [9.17, 15) is 24.2 Å². The SMILES string of the molecule is CO[C@H]1CCC[C@H](c2nc3nccc(C4CCN(C(=O)c5ccc(S(F)(F)(F)(F)F)cc5)CC4)c3[nH]2)C1. The molecule has 0 unspecified atom stereocenters. The second kappa shape index (κ2) is 8.65. The highest BCUT2D eigenvalue weighted by Gasteiger charge is 2.65. The Labute approximate surface area is 211 Å². The minimum Gasteiger partial charge on any atom is -0.381 e. The number of piperidine rings is 1. The zero-order chi connectivity index (χ0) is 26.5. The Morgan fingerprint density at radius 1 is 1.00 bits per heavy atom. The Balaban J connectivity index is 1.28. The van der Waals surface area contributed by atoms with Crippen LogP contribution in [-0.2, 0) is 4.74 Å². The lowest BCUT2D eigenvalue weighted by Gasteiger charge is -2.40. The number of imidazole rings is 1. The van der Waals surface area contributed by atoms with Crippen LogP contribution < -0.4 is 0 Å². The number of halogens is 5. The smallest absolute Gasteiger partial charge is 0.310 e. The van der Waals surface area contributed by atoms with Gasteiger partial charge in [-0.2, -0.15) is 0 Å². The van der Waals surface area contributed by atoms with Gasteiger partial charge < -0.3 is 14.6 Å². The van der Waals surface area contributed by atoms with Gasteiger partial charge in [0.2, 0.25) is 0 Å². The number of nitrogens with one attached hydrogen (secondary N) is 1. The Bertz CT molecular complexity index is 1310. The maximum absolute atomic E-state index is 13.0. The Morgan fingerprint density at radius 2 is 1.70 bits per heavy atom. The van der Waals surface area contributed by atoms with E-state index in [2.05, 4.69) is 9.97 Å². The summed E-state index contributed by atoms with van der Waals surface area (Å²) in [5, 5.41) is 0. The Hall–Kier alpha value is -2.73. The van der Waals surface area contributed by atoms with Crippen molar-refractivity contribution in [2.75, 3.05) is 20.2 Å². The average Bonchev–Trinajstić information content (AvgIpc) is 3.32. The highest BCUT2D eigenvalue weighted by Crippen LogP contribution is 3.02. The molecule has 3 heterocycles. The van der Waals surface area contributed by atoms with Gasteiger partial charge in [0.1, 0.15) is 10.7 Å². The van der Waals surface area contributed by atoms with Gasteiger partial charge in [-0.1, -0.05) is 25.8 Å². The predicted octanol–water partition coefficient (Wildman–Crippen LogP) is 7.31. The number of rotatable bonds is 5. The van der Waals surface area contributed by atoms with Crippen LogP contribution in [0.3, 0.4) is 0 Å². The average molecular weight is 545 g/mol. The fraction of sp³-hybridized carbons (Fsp3) is 0.480. The monoisotopic (exact) mass is 544 g/mol. The van der Waals surface area contributed by atoms with E-state index in [1.807, 2.05) is 6.07 Å². The first-order valence-electron chi connectivity index (χ1n) is 12.3. The van der Waals surface area contributed by atoms with Crippen molar-refractivity contribution in [2.45, 2.75) is 61.4 Å². The number of nitrogens with zero attached hydrogens (tertiary/aromatic N) is 3. The molecule has 1 saturated heterocycles. The molecule has 0 radical (unpaired) electrons. The molecule has 2 aromatic heterocycles. The van der Waals surface area contributed by atoms with Crippen molar-refractivity contribution in [1.29, 1.82) is 0 Å². The van der Waals surface area contributed by atoms with Crippen LogP contribution in [-0.4, -0.2) is 52.1 Å². The molecular weight excluding hydrogens is 515 g/mol. The van der Waals surface area contributed by atoms with Gasteiger partial charge in [0.15, 0.2) is 5.65 Å². The van der Waals surface area contributed by atoms with E-state index < -0.39 is 21.0 Å². The molecule has 6 nitrogen and oxygen atoms in total. The van der Waals surface area contributed by atoms with Crippen LogP contribution in [0.4, 0.5) is 19.4 Å². The lowest BCUT2D eigenvalue weighted by Crippen LogP contribution is -2.38. The quantitative estimate of drug-likeness (QED) is 0.342. The minimum atomic E-state index is -9.77. The zero-order valence-electron chi connectivity index (χ0n) is 20.3. The third-order valence-corrected chi connectivity index (χ3v) is 8.72. The summed E-state index contributed by atoms with van der Waals surface area (Å²) in [7, 11) is -8.04. The van der Waals surface area contributed by atoms with Crippen molar-refractivity contribution in [1.82, 2.24) is 19.9 Å². The molecule has 0 bridgehead atoms. The summed E-state index contributed by atoms with van der Waals surface area (Å²) in [4.78, 5) is 25.1. The van der Waals surface area contributed by atoms with Gasteiger partial charge in [-0.3, -0.25) is 4.79 Å². The number of hydrogen-bond acceptors (Lipinski definition) is 4. The molecule has 202 valence electrons. The summed E-state index contributed by atoms with van der Waals surface area (Å²) < 4.78 is 70.4. The first-order valence-corrected chi connectivity index (χ1v) is 14.3. The van der Waals surface area contributed by atoms with E-state index in [4.69, 9.17) is 9.72 Å². The number of likely N-dealkylation sites (tertiary alicyclic amines) is 1. The van der Waals surface area contributed by atoms with E-state index in [0.717, 1.165) is 54.7 Å². The number of aromatic nitrogens is 3. The number of hydrogen-bond donors (Lipinski definition) is 1. The van der Waals surface area contributed by atoms with Crippen molar-refractivity contribution >= 4 is 27.3 Å². The van der Waals surface area contributed by atoms with Crippen LogP contribution in [0.15, 0.2) is 41.4 Å². The number of ether oxygens (including phenoxy) is 1. The van der Waals surface area contributed by atoms with Crippen LogP contribution in [0.1, 0.15) is 72.1 Å². The molecular formula is C25H29F5N4O2S. The van der Waals surface area contributed by atoms with Crippen molar-refractivity contribution in [3.63, 3.8) is 0 Å². The number of H-pyrrole nitrogens is 1. The first-order chi connectivity index (χ1) is 17.3. The zero-order valence-corrected chi connectivity index (χ0v) is 21.1. The predicted molar refractivity (Wildman–Crippen MR) is 132 cm³/mol. The Morgan fingerprint density at radius 3 is 2.35 bits per heavy atom. The van der Waals surface area contributed by atoms with Crippen LogP contribution in [0.5, 0.6) is 0 Å². The normalized spacial score (nSPS) is 23.6. The Kier molecular flexibility index (Phi) is 6.06. The van der Waals surface area contributed by atoms with Gasteiger partial charge >= 0.3 is 10.2 Å². The molecule has 1 aliphatic carbocycles. The highest BCUT2D eigenvalue weighted by atomic mass is 32.5. The number of methoxy groups -OCH3 is 1. The standard InChI is InChI=1S/C25H29F5N4O2S/c1-36-19-4-2-3-18(15-19)23-32-22-21(9-12-31-24(22)33-23)16-10-13-34(14-11-16)25(35)17-5-7-20(8-6-17)37(26,27,28,29)30/h5-9,12,16,18-19H,2-4,10-11,13-15H2,1H3,(H,31,32,33)/t18-,19-/m0/s1. The molecule has 1 aliphatic heterocycles. The molecule has 12 heteroatoms. The molecule has 37 heavy (non-hydrogen) atoms. The fourth-order valence-corrected chi connectivity index (χ4v) is 6.17. The molecule has 2 atom stereocenters. The maximum atomic E-state index is 13.0. The fourth-order valence-electron chi connectivity index (χ4n) is 5.52. The molecule has 1 aromatic carbocycles. The molecule has 3 aromatic rings. The number of pyridine rings is 1. The molecule has 2 aliphatic rings. The van der Waals surface area contributed by atoms with Crippen molar-refractivity contribution in [2.24, 2.45) is 0 Å². The van der Waals surface area contributed by atoms with Crippen LogP contribution in [0.2, 0.25) is 0 Å². The molecule has 1 N–H and O–H groups in total. The van der Waals surface area contributed by atoms with E-state index in [1.54, 1.807) is 18.2 Å². The van der Waals surface area contributed by atoms with Crippen LogP contribution >= 0.6 is 10.2 Å². The number of benzene rings is 1. The van der Waals surface area contributed by atoms with Gasteiger partial charge in [-0.25, -0.2) is 9.97 Å². The van der Waals surface area contributed by atoms with Gasteiger partial charge in [0, 0.05) is 37.9 Å². The van der Waals surface area contributed by atoms with E-state index in [1.165, 1.54) is 0 Å². The second-order valence-electron chi connectivity index (χ2n) is 10.0. The molecule has 0 spiro atoms. The van der Waals surface area contributed by atoms with Gasteiger partial charge in [0.25, 0.3) is 5.91 Å². The van der Waals surface area contributed by atoms with E-state index in [0.29, 0.717) is 31.6 Å². The number of aromatic amines is 1. The third-order valence-electron chi connectivity index (χ3n) is 7.56. The van der Waals surface area contributed by atoms with Crippen LogP contribution in [0.25, 0.3) is 11.2 Å². The van der Waals surface area contributed by atoms with E-state index in [-0.39, 0.29) is 35.6 Å². The first kappa shape index (κ1) is 25.9. The summed E-state index contributed by atoms with van der Waals surface area (Å²) in [5.74, 6) is 0.877. The summed E-state index contributed by atoms with van der Waals surface area (Å²) >= 11 is 0. The highest BCUT2D eigenvalue weighted by molar-refractivity contribution is 8.45. The van der Waals surface area contributed by atoms with Crippen molar-refractivity contribution < 1.29 is 29.0 Å². The summed E-state index contributed by atoms with van der Waals surface area (Å²) in [5.41, 5.74) is 2.59. The summed E-state index contributed by atoms with van der Waals surface area (Å²) in [6, 6.07) is 4.17. The van der Waals surface area contributed by atoms with E-state index >= 15 is 0 Å². The summed E-state index contributed by atoms with van der Waals surface area (Å²) in [6.45, 7) is 0.797. The van der Waals surface area contributed by atoms with Crippen molar-refractivity contribution in [3.05, 3.63) is 53.5 Å². The number of carbonyl (C=O) groups is 1. The summed E-state index contributed by atoms with van der Waals surface area (Å²) in [6.07, 6.45) is 7.34. The lowest BCUT2D eigenvalue weighted by molar-refractivity contribution is 0.0625. The number of carbonyl (C=O) groups excluding carboxylic acids is 1. The maximum Gasteiger partial charge on any atom is 0.310 e. The van der Waals surface area contributed by atoms with Crippen LogP contribution in [0, 0.1) is 0 Å². The molecule has 2 fully saturated rings. The molecule has 5 rings (SSSR count). The third kappa shape index (κ3) is 5.45. The molecule has 1 saturated carbocycles. The molecule has 1 amide bonds. The second-order valence-corrected chi connectivity index (χ2v) is 12.4. The lowest BCUT2D eigenvalue weighted by atomic mass is 9.86. The number of fused-ring (bicyclic) bond motifs is 1. The van der Waals surface area contributed by atoms with Gasteiger partial charge in [-0.15, -0.1) is 0 Å².